The van der Waals surface area contributed by atoms with Crippen molar-refractivity contribution in [3.63, 3.8) is 0 Å². The molecule has 0 aliphatic carbocycles. The smallest absolute Gasteiger partial charge is 0.364 e. The molecule has 7 nitrogen and oxygen atoms in total. The molecule has 0 amide bonds. The molecular formula is C15H17BrN3O4S+. The van der Waals surface area contributed by atoms with Gasteiger partial charge in [0.2, 0.25) is 5.89 Å². The molecule has 3 rings (SSSR count). The Morgan fingerprint density at radius 3 is 3.04 bits per heavy atom. The summed E-state index contributed by atoms with van der Waals surface area (Å²) in [7, 11) is 1.34. The molecule has 2 aromatic rings. The summed E-state index contributed by atoms with van der Waals surface area (Å²) in [4.78, 5) is 12.9. The Kier molecular flexibility index (Phi) is 5.14. The maximum atomic E-state index is 11.9. The lowest BCUT2D eigenvalue weighted by Gasteiger charge is -2.18. The van der Waals surface area contributed by atoms with E-state index in [1.165, 1.54) is 11.8 Å². The van der Waals surface area contributed by atoms with Crippen LogP contribution >= 0.6 is 28.1 Å². The Labute approximate surface area is 152 Å². The number of likely N-dealkylation sites (tertiary alicyclic amines) is 1. The SMILES string of the molecule is COC(=O)[C@@H]1C[C@@H](O)C[NH+]1Cn1nc(-c2ccccc2Br)oc1=S. The number of esters is 1. The molecule has 24 heavy (non-hydrogen) atoms. The fourth-order valence-electron chi connectivity index (χ4n) is 2.89. The minimum absolute atomic E-state index is 0.221. The van der Waals surface area contributed by atoms with Crippen molar-refractivity contribution in [2.24, 2.45) is 0 Å². The predicted octanol–water partition coefficient (Wildman–Crippen LogP) is 0.784. The third-order valence-electron chi connectivity index (χ3n) is 4.05. The molecule has 1 aliphatic heterocycles. The van der Waals surface area contributed by atoms with Crippen molar-refractivity contribution in [3.8, 4) is 11.5 Å². The molecule has 3 atom stereocenters. The number of rotatable bonds is 4. The highest BCUT2D eigenvalue weighted by Crippen LogP contribution is 2.26. The van der Waals surface area contributed by atoms with E-state index in [2.05, 4.69) is 21.0 Å². The standard InChI is InChI=1S/C15H16BrN3O4S/c1-22-14(21)12-6-9(20)7-18(12)8-19-15(24)23-13(17-19)10-4-2-3-5-11(10)16/h2-5,9,12,20H,6-8H2,1H3/p+1/t9-,12+/m1/s1. The topological polar surface area (TPSA) is 81.9 Å². The van der Waals surface area contributed by atoms with Gasteiger partial charge in [-0.3, -0.25) is 0 Å². The molecule has 1 saturated heterocycles. The summed E-state index contributed by atoms with van der Waals surface area (Å²) in [6.45, 7) is 0.752. The van der Waals surface area contributed by atoms with Crippen LogP contribution in [0.2, 0.25) is 0 Å². The normalized spacial score (nSPS) is 23.4. The van der Waals surface area contributed by atoms with Gasteiger partial charge in [0.05, 0.1) is 12.7 Å². The zero-order valence-electron chi connectivity index (χ0n) is 12.9. The number of benzene rings is 1. The van der Waals surface area contributed by atoms with Gasteiger partial charge < -0.3 is 19.2 Å². The van der Waals surface area contributed by atoms with Crippen molar-refractivity contribution in [2.45, 2.75) is 25.2 Å². The number of methoxy groups -OCH3 is 1. The van der Waals surface area contributed by atoms with Gasteiger partial charge in [-0.1, -0.05) is 12.1 Å². The van der Waals surface area contributed by atoms with Gasteiger partial charge in [0, 0.05) is 10.9 Å². The first-order chi connectivity index (χ1) is 11.5. The number of hydrogen-bond donors (Lipinski definition) is 2. The molecule has 0 spiro atoms. The van der Waals surface area contributed by atoms with Crippen LogP contribution in [0.5, 0.6) is 0 Å². The maximum Gasteiger partial charge on any atom is 0.364 e. The van der Waals surface area contributed by atoms with Crippen LogP contribution in [0.25, 0.3) is 11.5 Å². The molecular weight excluding hydrogens is 398 g/mol. The number of nitrogens with zero attached hydrogens (tertiary/aromatic N) is 2. The summed E-state index contributed by atoms with van der Waals surface area (Å²) < 4.78 is 12.8. The van der Waals surface area contributed by atoms with Gasteiger partial charge in [0.25, 0.3) is 4.84 Å². The average Bonchev–Trinajstić information content (AvgIpc) is 3.10. The van der Waals surface area contributed by atoms with Crippen LogP contribution in [0.4, 0.5) is 0 Å². The van der Waals surface area contributed by atoms with Crippen LogP contribution in [0.3, 0.4) is 0 Å². The van der Waals surface area contributed by atoms with Crippen molar-refractivity contribution in [3.05, 3.63) is 33.6 Å². The van der Waals surface area contributed by atoms with Crippen molar-refractivity contribution < 1.29 is 24.0 Å². The molecule has 2 N–H and O–H groups in total. The molecule has 1 aromatic carbocycles. The van der Waals surface area contributed by atoms with Crippen LogP contribution in [0.15, 0.2) is 33.2 Å². The van der Waals surface area contributed by atoms with Gasteiger partial charge in [0.15, 0.2) is 12.7 Å². The number of nitrogens with one attached hydrogen (secondary N) is 1. The minimum atomic E-state index is -0.548. The van der Waals surface area contributed by atoms with Gasteiger partial charge in [0.1, 0.15) is 12.6 Å². The van der Waals surface area contributed by atoms with Crippen molar-refractivity contribution in [1.82, 2.24) is 9.78 Å². The number of ether oxygens (including phenoxy) is 1. The van der Waals surface area contributed by atoms with Gasteiger partial charge in [-0.25, -0.2) is 4.79 Å². The van der Waals surface area contributed by atoms with Crippen LogP contribution < -0.4 is 4.90 Å². The lowest BCUT2D eigenvalue weighted by molar-refractivity contribution is -0.928. The molecule has 0 bridgehead atoms. The number of aliphatic hydroxyl groups excluding tert-OH is 1. The number of aliphatic hydroxyl groups is 1. The van der Waals surface area contributed by atoms with E-state index in [-0.39, 0.29) is 10.8 Å². The summed E-state index contributed by atoms with van der Waals surface area (Å²) in [6, 6.07) is 7.11. The van der Waals surface area contributed by atoms with Crippen LogP contribution in [-0.2, 0) is 16.2 Å². The number of carbonyl (C=O) groups is 1. The van der Waals surface area contributed by atoms with Crippen LogP contribution in [0.1, 0.15) is 6.42 Å². The van der Waals surface area contributed by atoms with Gasteiger partial charge in [-0.05, 0) is 40.3 Å². The molecule has 0 saturated carbocycles. The van der Waals surface area contributed by atoms with Crippen LogP contribution in [-0.4, -0.2) is 46.7 Å². The molecule has 1 unspecified atom stereocenters. The second-order valence-electron chi connectivity index (χ2n) is 5.64. The second kappa shape index (κ2) is 7.14. The Hall–Kier alpha value is -1.55. The zero-order chi connectivity index (χ0) is 17.3. The van der Waals surface area contributed by atoms with E-state index in [1.807, 2.05) is 24.3 Å². The summed E-state index contributed by atoms with van der Waals surface area (Å²) >= 11 is 8.70. The Bertz CT molecular complexity index is 806. The second-order valence-corrected chi connectivity index (χ2v) is 6.84. The largest absolute Gasteiger partial charge is 0.465 e. The van der Waals surface area contributed by atoms with E-state index in [0.29, 0.717) is 25.5 Å². The van der Waals surface area contributed by atoms with E-state index in [4.69, 9.17) is 21.4 Å². The Morgan fingerprint density at radius 1 is 1.58 bits per heavy atom. The van der Waals surface area contributed by atoms with Crippen LogP contribution in [0, 0.1) is 4.84 Å². The fourth-order valence-corrected chi connectivity index (χ4v) is 3.53. The molecule has 1 aromatic heterocycles. The number of carbonyl (C=O) groups excluding carboxylic acids is 1. The number of aromatic nitrogens is 2. The highest BCUT2D eigenvalue weighted by atomic mass is 79.9. The zero-order valence-corrected chi connectivity index (χ0v) is 15.3. The summed E-state index contributed by atoms with van der Waals surface area (Å²) in [6.07, 6.45) is -0.183. The van der Waals surface area contributed by atoms with Gasteiger partial charge in [-0.2, -0.15) is 4.68 Å². The number of quaternary nitrogens is 1. The first-order valence-corrected chi connectivity index (χ1v) is 8.63. The quantitative estimate of drug-likeness (QED) is 0.568. The molecule has 9 heteroatoms. The summed E-state index contributed by atoms with van der Waals surface area (Å²) in [5, 5.41) is 14.3. The molecule has 2 heterocycles. The maximum absolute atomic E-state index is 11.9. The summed E-state index contributed by atoms with van der Waals surface area (Å²) in [5.74, 6) is 0.0591. The van der Waals surface area contributed by atoms with Gasteiger partial charge >= 0.3 is 5.97 Å². The molecule has 1 aliphatic rings. The third-order valence-corrected chi connectivity index (χ3v) is 5.03. The first kappa shape index (κ1) is 17.3. The predicted molar refractivity (Wildman–Crippen MR) is 90.7 cm³/mol. The van der Waals surface area contributed by atoms with Crippen molar-refractivity contribution in [1.29, 1.82) is 0 Å². The third kappa shape index (κ3) is 3.44. The highest BCUT2D eigenvalue weighted by molar-refractivity contribution is 9.10. The van der Waals surface area contributed by atoms with E-state index in [0.717, 1.165) is 14.9 Å². The minimum Gasteiger partial charge on any atom is -0.465 e. The van der Waals surface area contributed by atoms with Crippen molar-refractivity contribution in [2.75, 3.05) is 13.7 Å². The van der Waals surface area contributed by atoms with E-state index >= 15 is 0 Å². The average molecular weight is 415 g/mol. The Balaban J connectivity index is 1.85. The summed E-state index contributed by atoms with van der Waals surface area (Å²) in [5.41, 5.74) is 0.795. The lowest BCUT2D eigenvalue weighted by atomic mass is 10.2. The number of hydrogen-bond acceptors (Lipinski definition) is 6. The fraction of sp³-hybridized carbons (Fsp3) is 0.400. The molecule has 128 valence electrons. The van der Waals surface area contributed by atoms with E-state index in [9.17, 15) is 9.90 Å². The molecule has 0 radical (unpaired) electrons. The number of halogens is 1. The first-order valence-electron chi connectivity index (χ1n) is 7.43. The Morgan fingerprint density at radius 2 is 2.33 bits per heavy atom. The molecule has 1 fully saturated rings. The van der Waals surface area contributed by atoms with Crippen molar-refractivity contribution >= 4 is 34.1 Å². The van der Waals surface area contributed by atoms with E-state index < -0.39 is 12.1 Å². The highest BCUT2D eigenvalue weighted by Gasteiger charge is 2.41. The monoisotopic (exact) mass is 414 g/mol. The van der Waals surface area contributed by atoms with E-state index in [1.54, 1.807) is 0 Å². The van der Waals surface area contributed by atoms with Gasteiger partial charge in [-0.15, -0.1) is 5.10 Å². The lowest BCUT2D eigenvalue weighted by Crippen LogP contribution is -3.14.